The molecule has 2 N–H and O–H groups in total. The summed E-state index contributed by atoms with van der Waals surface area (Å²) in [5.74, 6) is 1.34. The molecule has 2 heterocycles. The lowest BCUT2D eigenvalue weighted by Crippen LogP contribution is -1.97. The molecule has 3 aromatic rings. The molecule has 21 heavy (non-hydrogen) atoms. The molecule has 0 amide bonds. The molecule has 0 aliphatic carbocycles. The van der Waals surface area contributed by atoms with E-state index in [1.54, 1.807) is 29.2 Å². The Bertz CT molecular complexity index is 781. The number of ether oxygens (including phenoxy) is 1. The predicted molar refractivity (Wildman–Crippen MR) is 87.9 cm³/mol. The summed E-state index contributed by atoms with van der Waals surface area (Å²) in [6.07, 6.45) is 0. The minimum absolute atomic E-state index is 0.620. The Morgan fingerprint density at radius 2 is 2.14 bits per heavy atom. The number of hydrogen-bond acceptors (Lipinski definition) is 4. The number of thiophene rings is 1. The Labute approximate surface area is 131 Å². The van der Waals surface area contributed by atoms with E-state index in [2.05, 4.69) is 5.10 Å². The van der Waals surface area contributed by atoms with Gasteiger partial charge in [-0.05, 0) is 29.6 Å². The molecule has 0 atom stereocenters. The number of hydrogen-bond donors (Lipinski definition) is 1. The Balaban J connectivity index is 2.29. The predicted octanol–water partition coefficient (Wildman–Crippen LogP) is 4.06. The lowest BCUT2D eigenvalue weighted by Gasteiger charge is -2.08. The SMILES string of the molecule is COc1ccc(Cl)cc1-c1nn(C)c(N)c1-c1cccs1. The summed E-state index contributed by atoms with van der Waals surface area (Å²) in [4.78, 5) is 1.07. The number of nitrogens with zero attached hydrogens (tertiary/aromatic N) is 2. The third-order valence-electron chi connectivity index (χ3n) is 3.28. The normalized spacial score (nSPS) is 10.8. The van der Waals surface area contributed by atoms with Gasteiger partial charge in [-0.3, -0.25) is 4.68 Å². The highest BCUT2D eigenvalue weighted by Crippen LogP contribution is 2.42. The van der Waals surface area contributed by atoms with E-state index < -0.39 is 0 Å². The van der Waals surface area contributed by atoms with E-state index in [0.717, 1.165) is 27.4 Å². The molecule has 0 saturated heterocycles. The smallest absolute Gasteiger partial charge is 0.130 e. The zero-order valence-electron chi connectivity index (χ0n) is 11.6. The molecule has 0 bridgehead atoms. The number of nitrogens with two attached hydrogens (primary N) is 1. The minimum Gasteiger partial charge on any atom is -0.496 e. The Hall–Kier alpha value is -1.98. The van der Waals surface area contributed by atoms with Crippen molar-refractivity contribution >= 4 is 28.8 Å². The topological polar surface area (TPSA) is 53.1 Å². The van der Waals surface area contributed by atoms with Crippen LogP contribution in [-0.2, 0) is 7.05 Å². The van der Waals surface area contributed by atoms with Crippen LogP contribution in [0.4, 0.5) is 5.82 Å². The molecule has 0 saturated carbocycles. The fraction of sp³-hybridized carbons (Fsp3) is 0.133. The van der Waals surface area contributed by atoms with Crippen LogP contribution in [0.15, 0.2) is 35.7 Å². The van der Waals surface area contributed by atoms with Gasteiger partial charge in [0, 0.05) is 22.5 Å². The van der Waals surface area contributed by atoms with E-state index >= 15 is 0 Å². The van der Waals surface area contributed by atoms with Gasteiger partial charge in [-0.25, -0.2) is 0 Å². The van der Waals surface area contributed by atoms with Crippen molar-refractivity contribution < 1.29 is 4.74 Å². The third kappa shape index (κ3) is 2.39. The highest BCUT2D eigenvalue weighted by Gasteiger charge is 2.21. The van der Waals surface area contributed by atoms with Crippen molar-refractivity contribution in [2.75, 3.05) is 12.8 Å². The number of nitrogen functional groups attached to an aromatic ring is 1. The molecule has 0 unspecified atom stereocenters. The first-order valence-corrected chi connectivity index (χ1v) is 7.58. The van der Waals surface area contributed by atoms with E-state index in [9.17, 15) is 0 Å². The zero-order chi connectivity index (χ0) is 15.0. The van der Waals surface area contributed by atoms with Crippen molar-refractivity contribution in [2.24, 2.45) is 7.05 Å². The summed E-state index contributed by atoms with van der Waals surface area (Å²) in [5, 5.41) is 7.19. The first-order chi connectivity index (χ1) is 10.1. The van der Waals surface area contributed by atoms with Gasteiger partial charge >= 0.3 is 0 Å². The number of rotatable bonds is 3. The molecule has 0 aliphatic rings. The van der Waals surface area contributed by atoms with Gasteiger partial charge in [0.2, 0.25) is 0 Å². The van der Waals surface area contributed by atoms with Crippen LogP contribution in [-0.4, -0.2) is 16.9 Å². The van der Waals surface area contributed by atoms with E-state index in [1.807, 2.05) is 36.7 Å². The summed E-state index contributed by atoms with van der Waals surface area (Å²) in [5.41, 5.74) is 8.71. The molecule has 0 radical (unpaired) electrons. The van der Waals surface area contributed by atoms with Gasteiger partial charge in [-0.1, -0.05) is 17.7 Å². The number of anilines is 1. The second-order valence-corrected chi connectivity index (χ2v) is 5.94. The molecular weight excluding hydrogens is 306 g/mol. The van der Waals surface area contributed by atoms with Crippen LogP contribution in [0.5, 0.6) is 5.75 Å². The van der Waals surface area contributed by atoms with Gasteiger partial charge < -0.3 is 10.5 Å². The third-order valence-corrected chi connectivity index (χ3v) is 4.40. The van der Waals surface area contributed by atoms with Gasteiger partial charge in [-0.2, -0.15) is 5.10 Å². The minimum atomic E-state index is 0.620. The maximum atomic E-state index is 6.19. The van der Waals surface area contributed by atoms with Gasteiger partial charge in [0.25, 0.3) is 0 Å². The summed E-state index contributed by atoms with van der Waals surface area (Å²) in [7, 11) is 3.46. The van der Waals surface area contributed by atoms with Crippen LogP contribution in [0.3, 0.4) is 0 Å². The number of benzene rings is 1. The number of aromatic nitrogens is 2. The quantitative estimate of drug-likeness (QED) is 0.792. The maximum absolute atomic E-state index is 6.19. The van der Waals surface area contributed by atoms with Crippen LogP contribution in [0.25, 0.3) is 21.7 Å². The summed E-state index contributed by atoms with van der Waals surface area (Å²) < 4.78 is 7.10. The first-order valence-electron chi connectivity index (χ1n) is 6.32. The summed E-state index contributed by atoms with van der Waals surface area (Å²) >= 11 is 7.75. The molecule has 0 fully saturated rings. The Kier molecular flexibility index (Phi) is 3.61. The van der Waals surface area contributed by atoms with Crippen molar-refractivity contribution in [1.29, 1.82) is 0 Å². The zero-order valence-corrected chi connectivity index (χ0v) is 13.2. The van der Waals surface area contributed by atoms with Gasteiger partial charge in [0.1, 0.15) is 17.3 Å². The molecule has 6 heteroatoms. The molecule has 0 spiro atoms. The van der Waals surface area contributed by atoms with Gasteiger partial charge in [0.15, 0.2) is 0 Å². The van der Waals surface area contributed by atoms with Crippen molar-refractivity contribution in [3.8, 4) is 27.4 Å². The second-order valence-electron chi connectivity index (χ2n) is 4.55. The monoisotopic (exact) mass is 319 g/mol. The van der Waals surface area contributed by atoms with Crippen LogP contribution < -0.4 is 10.5 Å². The highest BCUT2D eigenvalue weighted by molar-refractivity contribution is 7.13. The first kappa shape index (κ1) is 14.0. The standard InChI is InChI=1S/C15H14ClN3OS/c1-19-15(17)13(12-4-3-7-21-12)14(18-19)10-8-9(16)5-6-11(10)20-2/h3-8H,17H2,1-2H3. The molecule has 108 valence electrons. The lowest BCUT2D eigenvalue weighted by atomic mass is 10.1. The second kappa shape index (κ2) is 5.42. The molecule has 0 aliphatic heterocycles. The van der Waals surface area contributed by atoms with Crippen molar-refractivity contribution in [3.05, 3.63) is 40.7 Å². The van der Waals surface area contributed by atoms with Crippen LogP contribution >= 0.6 is 22.9 Å². The van der Waals surface area contributed by atoms with Crippen LogP contribution in [0, 0.1) is 0 Å². The number of methoxy groups -OCH3 is 1. The van der Waals surface area contributed by atoms with Gasteiger partial charge in [0.05, 0.1) is 12.7 Å². The maximum Gasteiger partial charge on any atom is 0.130 e. The molecule has 1 aromatic carbocycles. The van der Waals surface area contributed by atoms with E-state index in [4.69, 9.17) is 22.1 Å². The fourth-order valence-corrected chi connectivity index (χ4v) is 3.21. The van der Waals surface area contributed by atoms with Crippen molar-refractivity contribution in [1.82, 2.24) is 9.78 Å². The van der Waals surface area contributed by atoms with E-state index in [0.29, 0.717) is 10.8 Å². The van der Waals surface area contributed by atoms with Crippen molar-refractivity contribution in [2.45, 2.75) is 0 Å². The van der Waals surface area contributed by atoms with E-state index in [-0.39, 0.29) is 0 Å². The molecule has 2 aromatic heterocycles. The highest BCUT2D eigenvalue weighted by atomic mass is 35.5. The number of halogens is 1. The molecular formula is C15H14ClN3OS. The summed E-state index contributed by atoms with van der Waals surface area (Å²) in [6.45, 7) is 0. The average Bonchev–Trinajstić information content (AvgIpc) is 3.08. The van der Waals surface area contributed by atoms with Crippen LogP contribution in [0.2, 0.25) is 5.02 Å². The van der Waals surface area contributed by atoms with Gasteiger partial charge in [-0.15, -0.1) is 11.3 Å². The fourth-order valence-electron chi connectivity index (χ4n) is 2.25. The average molecular weight is 320 g/mol. The lowest BCUT2D eigenvalue weighted by molar-refractivity contribution is 0.416. The summed E-state index contributed by atoms with van der Waals surface area (Å²) in [6, 6.07) is 9.49. The van der Waals surface area contributed by atoms with E-state index in [1.165, 1.54) is 0 Å². The number of aryl methyl sites for hydroxylation is 1. The molecule has 4 nitrogen and oxygen atoms in total. The Morgan fingerprint density at radius 3 is 2.81 bits per heavy atom. The largest absolute Gasteiger partial charge is 0.496 e. The Morgan fingerprint density at radius 1 is 1.33 bits per heavy atom. The van der Waals surface area contributed by atoms with Crippen LogP contribution in [0.1, 0.15) is 0 Å². The molecule has 3 rings (SSSR count). The van der Waals surface area contributed by atoms with Crippen molar-refractivity contribution in [3.63, 3.8) is 0 Å².